The van der Waals surface area contributed by atoms with Crippen molar-refractivity contribution in [1.82, 2.24) is 0 Å². The topological polar surface area (TPSA) is 101 Å². The average molecular weight is 224 g/mol. The molecule has 0 radical (unpaired) electrons. The van der Waals surface area contributed by atoms with Gasteiger partial charge in [0.2, 0.25) is 0 Å². The van der Waals surface area contributed by atoms with E-state index in [9.17, 15) is 13.2 Å². The van der Waals surface area contributed by atoms with Crippen LogP contribution in [0.3, 0.4) is 0 Å². The normalized spacial score (nSPS) is 13.5. The van der Waals surface area contributed by atoms with Crippen LogP contribution in [0.25, 0.3) is 0 Å². The molecule has 0 amide bonds. The van der Waals surface area contributed by atoms with Gasteiger partial charge in [0.25, 0.3) is 10.1 Å². The van der Waals surface area contributed by atoms with E-state index in [0.717, 1.165) is 0 Å². The van der Waals surface area contributed by atoms with Crippen molar-refractivity contribution in [3.63, 3.8) is 0 Å². The molecule has 2 N–H and O–H groups in total. The van der Waals surface area contributed by atoms with E-state index < -0.39 is 27.8 Å². The van der Waals surface area contributed by atoms with Crippen LogP contribution in [0.4, 0.5) is 0 Å². The van der Waals surface area contributed by atoms with Gasteiger partial charge in [-0.2, -0.15) is 8.42 Å². The Morgan fingerprint density at radius 1 is 1.57 bits per heavy atom. The molecule has 0 aromatic carbocycles. The molecule has 7 heteroatoms. The van der Waals surface area contributed by atoms with Crippen LogP contribution in [-0.2, 0) is 19.6 Å². The number of hydrogen-bond acceptors (Lipinski definition) is 4. The highest BCUT2D eigenvalue weighted by atomic mass is 32.2. The van der Waals surface area contributed by atoms with Gasteiger partial charge in [0, 0.05) is 0 Å². The molecular weight excluding hydrogens is 212 g/mol. The first kappa shape index (κ1) is 13.1. The quantitative estimate of drug-likeness (QED) is 0.352. The lowest BCUT2D eigenvalue weighted by Crippen LogP contribution is -2.27. The minimum absolute atomic E-state index is 0.134. The summed E-state index contributed by atoms with van der Waals surface area (Å²) in [5.74, 6) is -3.43. The summed E-state index contributed by atoms with van der Waals surface area (Å²) >= 11 is 0. The Bertz CT molecular complexity index is 293. The fraction of sp³-hybridized carbons (Fsp3) is 0.571. The van der Waals surface area contributed by atoms with Crippen LogP contribution in [0.5, 0.6) is 0 Å². The molecule has 0 saturated carbocycles. The summed E-state index contributed by atoms with van der Waals surface area (Å²) in [6, 6.07) is 0. The molecule has 6 nitrogen and oxygen atoms in total. The molecule has 0 aliphatic heterocycles. The first-order chi connectivity index (χ1) is 6.37. The third-order valence-electron chi connectivity index (χ3n) is 1.32. The molecule has 0 bridgehead atoms. The van der Waals surface area contributed by atoms with Gasteiger partial charge < -0.3 is 9.84 Å². The molecule has 0 aliphatic rings. The molecular formula is C7H12O6S. The highest BCUT2D eigenvalue weighted by molar-refractivity contribution is 7.85. The summed E-state index contributed by atoms with van der Waals surface area (Å²) < 4.78 is 34.0. The fourth-order valence-corrected chi connectivity index (χ4v) is 1.49. The fourth-order valence-electron chi connectivity index (χ4n) is 0.739. The first-order valence-electron chi connectivity index (χ1n) is 3.73. The van der Waals surface area contributed by atoms with E-state index >= 15 is 0 Å². The van der Waals surface area contributed by atoms with Crippen molar-refractivity contribution in [3.8, 4) is 0 Å². The Morgan fingerprint density at radius 3 is 2.50 bits per heavy atom. The lowest BCUT2D eigenvalue weighted by atomic mass is 10.2. The maximum atomic E-state index is 10.5. The van der Waals surface area contributed by atoms with Crippen LogP contribution in [0, 0.1) is 5.92 Å². The van der Waals surface area contributed by atoms with Gasteiger partial charge in [-0.3, -0.25) is 9.35 Å². The van der Waals surface area contributed by atoms with Gasteiger partial charge >= 0.3 is 5.97 Å². The highest BCUT2D eigenvalue weighted by Gasteiger charge is 2.23. The van der Waals surface area contributed by atoms with Gasteiger partial charge in [-0.25, -0.2) is 0 Å². The number of aliphatic carboxylic acids is 1. The van der Waals surface area contributed by atoms with Crippen molar-refractivity contribution < 1.29 is 27.6 Å². The zero-order valence-electron chi connectivity index (χ0n) is 7.42. The monoisotopic (exact) mass is 224 g/mol. The Hall–Kier alpha value is -0.920. The smallest absolute Gasteiger partial charge is 0.309 e. The van der Waals surface area contributed by atoms with Gasteiger partial charge in [0.1, 0.15) is 0 Å². The Morgan fingerprint density at radius 2 is 2.14 bits per heavy atom. The number of ether oxygens (including phenoxy) is 1. The van der Waals surface area contributed by atoms with Gasteiger partial charge in [-0.05, 0) is 0 Å². The van der Waals surface area contributed by atoms with Crippen LogP contribution in [0.1, 0.15) is 0 Å². The molecule has 0 aromatic rings. The lowest BCUT2D eigenvalue weighted by Gasteiger charge is -2.09. The largest absolute Gasteiger partial charge is 0.481 e. The van der Waals surface area contributed by atoms with Crippen LogP contribution in [0.15, 0.2) is 12.7 Å². The SMILES string of the molecule is C=CCOCC(CS(=O)(=O)O)C(=O)O. The second-order valence-corrected chi connectivity index (χ2v) is 4.11. The van der Waals surface area contributed by atoms with Crippen molar-refractivity contribution >= 4 is 16.1 Å². The van der Waals surface area contributed by atoms with E-state index in [0.29, 0.717) is 0 Å². The average Bonchev–Trinajstić information content (AvgIpc) is 2.00. The number of carboxylic acid groups (broad SMARTS) is 1. The molecule has 0 aliphatic carbocycles. The molecule has 1 atom stereocenters. The Kier molecular flexibility index (Phi) is 5.36. The number of hydrogen-bond donors (Lipinski definition) is 2. The number of carbonyl (C=O) groups is 1. The molecule has 0 saturated heterocycles. The third kappa shape index (κ3) is 6.58. The van der Waals surface area contributed by atoms with E-state index in [1.165, 1.54) is 6.08 Å². The molecule has 0 heterocycles. The summed E-state index contributed by atoms with van der Waals surface area (Å²) in [7, 11) is -4.29. The molecule has 0 fully saturated rings. The summed E-state index contributed by atoms with van der Waals surface area (Å²) in [4.78, 5) is 10.5. The summed E-state index contributed by atoms with van der Waals surface area (Å²) in [5, 5.41) is 8.55. The van der Waals surface area contributed by atoms with Crippen LogP contribution < -0.4 is 0 Å². The lowest BCUT2D eigenvalue weighted by molar-refractivity contribution is -0.142. The van der Waals surface area contributed by atoms with Gasteiger partial charge in [0.15, 0.2) is 0 Å². The summed E-state index contributed by atoms with van der Waals surface area (Å²) in [5.41, 5.74) is 0. The minimum Gasteiger partial charge on any atom is -0.481 e. The van der Waals surface area contributed by atoms with E-state index in [1.807, 2.05) is 0 Å². The second kappa shape index (κ2) is 5.74. The zero-order chi connectivity index (χ0) is 11.2. The summed E-state index contributed by atoms with van der Waals surface area (Å²) in [6.45, 7) is 3.19. The molecule has 14 heavy (non-hydrogen) atoms. The standard InChI is InChI=1S/C7H12O6S/c1-2-3-13-4-6(7(8)9)5-14(10,11)12/h2,6H,1,3-5H2,(H,8,9)(H,10,11,12). The highest BCUT2D eigenvalue weighted by Crippen LogP contribution is 2.02. The minimum atomic E-state index is -4.29. The molecule has 0 spiro atoms. The van der Waals surface area contributed by atoms with Crippen molar-refractivity contribution in [2.24, 2.45) is 5.92 Å². The number of rotatable bonds is 7. The maximum absolute atomic E-state index is 10.5. The van der Waals surface area contributed by atoms with Crippen LogP contribution >= 0.6 is 0 Å². The second-order valence-electron chi connectivity index (χ2n) is 2.61. The first-order valence-corrected chi connectivity index (χ1v) is 5.34. The van der Waals surface area contributed by atoms with E-state index in [-0.39, 0.29) is 13.2 Å². The van der Waals surface area contributed by atoms with Crippen LogP contribution in [-0.4, -0.2) is 43.0 Å². The molecule has 1 unspecified atom stereocenters. The van der Waals surface area contributed by atoms with E-state index in [4.69, 9.17) is 14.4 Å². The molecule has 0 aromatic heterocycles. The van der Waals surface area contributed by atoms with Crippen molar-refractivity contribution in [3.05, 3.63) is 12.7 Å². The van der Waals surface area contributed by atoms with Crippen molar-refractivity contribution in [1.29, 1.82) is 0 Å². The zero-order valence-corrected chi connectivity index (χ0v) is 8.24. The molecule has 0 rings (SSSR count). The third-order valence-corrected chi connectivity index (χ3v) is 2.14. The van der Waals surface area contributed by atoms with Gasteiger partial charge in [-0.15, -0.1) is 6.58 Å². The molecule has 82 valence electrons. The van der Waals surface area contributed by atoms with Crippen LogP contribution in [0.2, 0.25) is 0 Å². The van der Waals surface area contributed by atoms with Crippen molar-refractivity contribution in [2.75, 3.05) is 19.0 Å². The number of carboxylic acids is 1. The van der Waals surface area contributed by atoms with Crippen molar-refractivity contribution in [2.45, 2.75) is 0 Å². The van der Waals surface area contributed by atoms with E-state index in [1.54, 1.807) is 0 Å². The van der Waals surface area contributed by atoms with Gasteiger partial charge in [0.05, 0.1) is 24.9 Å². The Labute approximate surface area is 81.9 Å². The predicted molar refractivity (Wildman–Crippen MR) is 48.6 cm³/mol. The predicted octanol–water partition coefficient (Wildman–Crippen LogP) is -0.222. The maximum Gasteiger partial charge on any atom is 0.309 e. The van der Waals surface area contributed by atoms with Gasteiger partial charge in [-0.1, -0.05) is 6.08 Å². The Balaban J connectivity index is 4.17. The summed E-state index contributed by atoms with van der Waals surface area (Å²) in [6.07, 6.45) is 1.41. The van der Waals surface area contributed by atoms with E-state index in [2.05, 4.69) is 6.58 Å².